The molecular formula is C13H15NO4. The van der Waals surface area contributed by atoms with Gasteiger partial charge in [-0.15, -0.1) is 0 Å². The van der Waals surface area contributed by atoms with Crippen molar-refractivity contribution in [2.75, 3.05) is 6.61 Å². The summed E-state index contributed by atoms with van der Waals surface area (Å²) in [4.78, 5) is 22.4. The summed E-state index contributed by atoms with van der Waals surface area (Å²) in [6.07, 6.45) is 0.383. The number of carbonyl (C=O) groups is 2. The van der Waals surface area contributed by atoms with Crippen molar-refractivity contribution >= 4 is 11.9 Å². The highest BCUT2D eigenvalue weighted by atomic mass is 16.4. The maximum atomic E-state index is 11.8. The van der Waals surface area contributed by atoms with Gasteiger partial charge in [-0.05, 0) is 12.0 Å². The number of benzene rings is 1. The standard InChI is InChI=1S/C13H15NO4/c15-7-11(8-4-2-1-3-5-8)14-12(16)9-6-10(9)13(17)18/h1-5,9-11,15H,6-7H2,(H,14,16)(H,17,18)/t9-,10+,11+/m1/s1. The van der Waals surface area contributed by atoms with Gasteiger partial charge in [0.1, 0.15) is 0 Å². The number of aliphatic hydroxyl groups is 1. The predicted molar refractivity (Wildman–Crippen MR) is 63.6 cm³/mol. The van der Waals surface area contributed by atoms with Gasteiger partial charge in [0.05, 0.1) is 24.5 Å². The van der Waals surface area contributed by atoms with Gasteiger partial charge in [0.25, 0.3) is 0 Å². The fourth-order valence-corrected chi connectivity index (χ4v) is 1.96. The Labute approximate surface area is 104 Å². The minimum atomic E-state index is -0.935. The Kier molecular flexibility index (Phi) is 3.62. The van der Waals surface area contributed by atoms with Crippen LogP contribution in [0, 0.1) is 11.8 Å². The van der Waals surface area contributed by atoms with Gasteiger partial charge in [-0.25, -0.2) is 0 Å². The molecule has 3 N–H and O–H groups in total. The molecule has 1 aromatic carbocycles. The number of carboxylic acid groups (broad SMARTS) is 1. The average molecular weight is 249 g/mol. The lowest BCUT2D eigenvalue weighted by molar-refractivity contribution is -0.140. The minimum absolute atomic E-state index is 0.208. The summed E-state index contributed by atoms with van der Waals surface area (Å²) in [6.45, 7) is -0.208. The van der Waals surface area contributed by atoms with E-state index in [2.05, 4.69) is 5.32 Å². The second kappa shape index (κ2) is 5.18. The number of nitrogens with one attached hydrogen (secondary N) is 1. The van der Waals surface area contributed by atoms with Gasteiger partial charge in [0.15, 0.2) is 0 Å². The lowest BCUT2D eigenvalue weighted by Crippen LogP contribution is -2.32. The average Bonchev–Trinajstić information content (AvgIpc) is 3.17. The van der Waals surface area contributed by atoms with Gasteiger partial charge in [0, 0.05) is 0 Å². The van der Waals surface area contributed by atoms with Gasteiger partial charge in [-0.3, -0.25) is 9.59 Å². The molecule has 0 spiro atoms. The Morgan fingerprint density at radius 1 is 1.28 bits per heavy atom. The van der Waals surface area contributed by atoms with Crippen LogP contribution >= 0.6 is 0 Å². The molecule has 3 atom stereocenters. The summed E-state index contributed by atoms with van der Waals surface area (Å²) in [5, 5.41) is 20.7. The van der Waals surface area contributed by atoms with Crippen LogP contribution in [0.1, 0.15) is 18.0 Å². The number of hydrogen-bond acceptors (Lipinski definition) is 3. The van der Waals surface area contributed by atoms with E-state index < -0.39 is 23.8 Å². The van der Waals surface area contributed by atoms with Crippen LogP contribution in [-0.4, -0.2) is 28.7 Å². The quantitative estimate of drug-likeness (QED) is 0.711. The summed E-state index contributed by atoms with van der Waals surface area (Å²) >= 11 is 0. The number of rotatable bonds is 5. The zero-order valence-electron chi connectivity index (χ0n) is 9.74. The third-order valence-electron chi connectivity index (χ3n) is 3.15. The molecule has 1 aliphatic carbocycles. The molecule has 0 heterocycles. The van der Waals surface area contributed by atoms with Crippen molar-refractivity contribution in [2.24, 2.45) is 11.8 Å². The first-order valence-electron chi connectivity index (χ1n) is 5.82. The first-order chi connectivity index (χ1) is 8.63. The van der Waals surface area contributed by atoms with Gasteiger partial charge < -0.3 is 15.5 Å². The van der Waals surface area contributed by atoms with Gasteiger partial charge in [-0.1, -0.05) is 30.3 Å². The molecule has 0 aromatic heterocycles. The minimum Gasteiger partial charge on any atom is -0.481 e. The molecule has 1 saturated carbocycles. The zero-order valence-corrected chi connectivity index (χ0v) is 9.74. The van der Waals surface area contributed by atoms with Crippen LogP contribution in [0.5, 0.6) is 0 Å². The summed E-state index contributed by atoms with van der Waals surface area (Å²) in [6, 6.07) is 8.63. The largest absolute Gasteiger partial charge is 0.481 e. The molecular weight excluding hydrogens is 234 g/mol. The molecule has 0 unspecified atom stereocenters. The van der Waals surface area contributed by atoms with Crippen LogP contribution in [0.3, 0.4) is 0 Å². The van der Waals surface area contributed by atoms with Gasteiger partial charge in [0.2, 0.25) is 5.91 Å². The van der Waals surface area contributed by atoms with Crippen molar-refractivity contribution in [2.45, 2.75) is 12.5 Å². The van der Waals surface area contributed by atoms with Crippen LogP contribution in [0.25, 0.3) is 0 Å². The lowest BCUT2D eigenvalue weighted by Gasteiger charge is -2.16. The summed E-state index contributed by atoms with van der Waals surface area (Å²) in [7, 11) is 0. The summed E-state index contributed by atoms with van der Waals surface area (Å²) in [5.74, 6) is -2.26. The van der Waals surface area contributed by atoms with E-state index in [1.807, 2.05) is 30.3 Å². The van der Waals surface area contributed by atoms with Crippen LogP contribution < -0.4 is 5.32 Å². The molecule has 18 heavy (non-hydrogen) atoms. The van der Waals surface area contributed by atoms with E-state index in [1.54, 1.807) is 0 Å². The molecule has 5 nitrogen and oxygen atoms in total. The number of carbonyl (C=O) groups excluding carboxylic acids is 1. The Balaban J connectivity index is 1.96. The monoisotopic (exact) mass is 249 g/mol. The third kappa shape index (κ3) is 2.68. The number of hydrogen-bond donors (Lipinski definition) is 3. The fraction of sp³-hybridized carbons (Fsp3) is 0.385. The SMILES string of the molecule is O=C(O)[C@H]1C[C@H]1C(=O)N[C@@H](CO)c1ccccc1. The van der Waals surface area contributed by atoms with E-state index in [4.69, 9.17) is 5.11 Å². The van der Waals surface area contributed by atoms with Crippen LogP contribution in [0.2, 0.25) is 0 Å². The lowest BCUT2D eigenvalue weighted by atomic mass is 10.1. The van der Waals surface area contributed by atoms with Gasteiger partial charge in [-0.2, -0.15) is 0 Å². The Morgan fingerprint density at radius 2 is 1.94 bits per heavy atom. The van der Waals surface area contributed by atoms with E-state index in [9.17, 15) is 14.7 Å². The number of amides is 1. The van der Waals surface area contributed by atoms with E-state index >= 15 is 0 Å². The van der Waals surface area contributed by atoms with Crippen molar-refractivity contribution in [3.8, 4) is 0 Å². The maximum absolute atomic E-state index is 11.8. The number of aliphatic carboxylic acids is 1. The summed E-state index contributed by atoms with van der Waals surface area (Å²) in [5.41, 5.74) is 0.806. The third-order valence-corrected chi connectivity index (χ3v) is 3.15. The molecule has 1 fully saturated rings. The second-order valence-corrected chi connectivity index (χ2v) is 4.44. The Morgan fingerprint density at radius 3 is 2.44 bits per heavy atom. The molecule has 96 valence electrons. The van der Waals surface area contributed by atoms with E-state index in [0.29, 0.717) is 6.42 Å². The first kappa shape index (κ1) is 12.6. The van der Waals surface area contributed by atoms with Crippen molar-refractivity contribution in [1.82, 2.24) is 5.32 Å². The van der Waals surface area contributed by atoms with Gasteiger partial charge >= 0.3 is 5.97 Å². The van der Waals surface area contributed by atoms with E-state index in [1.165, 1.54) is 0 Å². The molecule has 0 aliphatic heterocycles. The Bertz CT molecular complexity index is 446. The molecule has 1 aromatic rings. The highest BCUT2D eigenvalue weighted by Crippen LogP contribution is 2.39. The topological polar surface area (TPSA) is 86.6 Å². The molecule has 0 saturated heterocycles. The number of aliphatic hydroxyl groups excluding tert-OH is 1. The van der Waals surface area contributed by atoms with Crippen molar-refractivity contribution < 1.29 is 19.8 Å². The molecule has 0 bridgehead atoms. The first-order valence-corrected chi connectivity index (χ1v) is 5.82. The highest BCUT2D eigenvalue weighted by molar-refractivity contribution is 5.89. The fourth-order valence-electron chi connectivity index (χ4n) is 1.96. The predicted octanol–water partition coefficient (Wildman–Crippen LogP) is 0.557. The number of carboxylic acids is 1. The normalized spacial score (nSPS) is 23.2. The Hall–Kier alpha value is -1.88. The summed E-state index contributed by atoms with van der Waals surface area (Å²) < 4.78 is 0. The molecule has 5 heteroatoms. The maximum Gasteiger partial charge on any atom is 0.307 e. The van der Waals surface area contributed by atoms with E-state index in [0.717, 1.165) is 5.56 Å². The zero-order chi connectivity index (χ0) is 13.1. The van der Waals surface area contributed by atoms with E-state index in [-0.39, 0.29) is 12.5 Å². The van der Waals surface area contributed by atoms with Crippen molar-refractivity contribution in [1.29, 1.82) is 0 Å². The van der Waals surface area contributed by atoms with Crippen molar-refractivity contribution in [3.05, 3.63) is 35.9 Å². The molecule has 0 radical (unpaired) electrons. The smallest absolute Gasteiger partial charge is 0.307 e. The molecule has 1 aliphatic rings. The highest BCUT2D eigenvalue weighted by Gasteiger charge is 2.48. The second-order valence-electron chi connectivity index (χ2n) is 4.44. The van der Waals surface area contributed by atoms with Crippen molar-refractivity contribution in [3.63, 3.8) is 0 Å². The molecule has 2 rings (SSSR count). The van der Waals surface area contributed by atoms with Crippen LogP contribution in [-0.2, 0) is 9.59 Å². The van der Waals surface area contributed by atoms with Crippen LogP contribution in [0.4, 0.5) is 0 Å². The molecule has 1 amide bonds. The van der Waals surface area contributed by atoms with Crippen LogP contribution in [0.15, 0.2) is 30.3 Å².